The van der Waals surface area contributed by atoms with E-state index in [1.807, 2.05) is 0 Å². The lowest BCUT2D eigenvalue weighted by atomic mass is 10.1. The molecule has 20 heavy (non-hydrogen) atoms. The van der Waals surface area contributed by atoms with E-state index in [9.17, 15) is 13.2 Å². The van der Waals surface area contributed by atoms with Crippen LogP contribution in [-0.2, 0) is 10.0 Å². The van der Waals surface area contributed by atoms with Crippen LogP contribution in [0.25, 0.3) is 0 Å². The summed E-state index contributed by atoms with van der Waals surface area (Å²) in [6, 6.07) is 2.83. The first-order chi connectivity index (χ1) is 9.19. The second-order valence-electron chi connectivity index (χ2n) is 4.72. The first kappa shape index (κ1) is 16.4. The number of carbonyl (C=O) groups is 1. The predicted octanol–water partition coefficient (Wildman–Crippen LogP) is 0.262. The molecule has 0 heterocycles. The van der Waals surface area contributed by atoms with Gasteiger partial charge in [-0.3, -0.25) is 0 Å². The maximum Gasteiger partial charge on any atom is 0.337 e. The molecule has 8 heteroatoms. The number of aliphatic hydroxyl groups is 1. The number of nitrogens with one attached hydrogen (secondary N) is 1. The molecule has 0 saturated carbocycles. The lowest BCUT2D eigenvalue weighted by molar-refractivity contribution is 0.0692. The Hall–Kier alpha value is -1.64. The van der Waals surface area contributed by atoms with E-state index in [4.69, 9.17) is 15.9 Å². The average molecular weight is 302 g/mol. The van der Waals surface area contributed by atoms with Crippen LogP contribution < -0.4 is 10.5 Å². The Morgan fingerprint density at radius 1 is 1.40 bits per heavy atom. The number of sulfonamides is 1. The molecule has 0 aromatic heterocycles. The van der Waals surface area contributed by atoms with Crippen molar-refractivity contribution in [1.29, 1.82) is 0 Å². The van der Waals surface area contributed by atoms with E-state index in [-0.39, 0.29) is 23.1 Å². The molecule has 0 spiro atoms. The van der Waals surface area contributed by atoms with E-state index < -0.39 is 27.6 Å². The number of benzene rings is 1. The van der Waals surface area contributed by atoms with E-state index >= 15 is 0 Å². The van der Waals surface area contributed by atoms with E-state index in [0.29, 0.717) is 0 Å². The first-order valence-electron chi connectivity index (χ1n) is 5.95. The summed E-state index contributed by atoms with van der Waals surface area (Å²) in [4.78, 5) is 10.7. The Labute approximate surface area is 117 Å². The van der Waals surface area contributed by atoms with Gasteiger partial charge in [0, 0.05) is 11.7 Å². The van der Waals surface area contributed by atoms with Crippen LogP contribution in [0.1, 0.15) is 24.2 Å². The van der Waals surface area contributed by atoms with Crippen LogP contribution in [0.4, 0.5) is 5.69 Å². The summed E-state index contributed by atoms with van der Waals surface area (Å²) in [6.45, 7) is 3.10. The monoisotopic (exact) mass is 302 g/mol. The summed E-state index contributed by atoms with van der Waals surface area (Å²) in [5.41, 5.74) is 5.22. The first-order valence-corrected chi connectivity index (χ1v) is 7.43. The molecule has 0 aliphatic heterocycles. The van der Waals surface area contributed by atoms with Gasteiger partial charge in [0.2, 0.25) is 10.0 Å². The van der Waals surface area contributed by atoms with Gasteiger partial charge in [0.15, 0.2) is 0 Å². The van der Waals surface area contributed by atoms with Gasteiger partial charge in [0.25, 0.3) is 0 Å². The van der Waals surface area contributed by atoms with Crippen molar-refractivity contribution in [2.45, 2.75) is 24.8 Å². The van der Waals surface area contributed by atoms with Gasteiger partial charge in [-0.1, -0.05) is 13.8 Å². The van der Waals surface area contributed by atoms with E-state index in [1.54, 1.807) is 13.8 Å². The van der Waals surface area contributed by atoms with Gasteiger partial charge in [-0.15, -0.1) is 0 Å². The zero-order valence-corrected chi connectivity index (χ0v) is 12.0. The normalized spacial score (nSPS) is 13.4. The van der Waals surface area contributed by atoms with Gasteiger partial charge in [-0.25, -0.2) is 17.9 Å². The number of carboxylic acids is 1. The molecule has 1 atom stereocenters. The van der Waals surface area contributed by atoms with Crippen LogP contribution in [0.2, 0.25) is 0 Å². The molecule has 0 fully saturated rings. The highest BCUT2D eigenvalue weighted by Crippen LogP contribution is 2.20. The molecule has 112 valence electrons. The third-order valence-corrected chi connectivity index (χ3v) is 4.38. The Morgan fingerprint density at radius 3 is 2.45 bits per heavy atom. The zero-order valence-electron chi connectivity index (χ0n) is 11.2. The third kappa shape index (κ3) is 3.69. The van der Waals surface area contributed by atoms with Crippen molar-refractivity contribution in [1.82, 2.24) is 4.72 Å². The molecular formula is C12H18N2O5S. The van der Waals surface area contributed by atoms with E-state index in [2.05, 4.69) is 4.72 Å². The van der Waals surface area contributed by atoms with Crippen molar-refractivity contribution in [2.24, 2.45) is 5.92 Å². The second kappa shape index (κ2) is 6.21. The molecule has 1 aromatic rings. The Kier molecular flexibility index (Phi) is 5.09. The Balaban J connectivity index is 3.25. The lowest BCUT2D eigenvalue weighted by Crippen LogP contribution is -2.41. The molecule has 7 nitrogen and oxygen atoms in total. The third-order valence-electron chi connectivity index (χ3n) is 2.83. The second-order valence-corrected chi connectivity index (χ2v) is 6.40. The van der Waals surface area contributed by atoms with Gasteiger partial charge in [-0.2, -0.15) is 0 Å². The maximum atomic E-state index is 12.2. The average Bonchev–Trinajstić information content (AvgIpc) is 2.35. The van der Waals surface area contributed by atoms with E-state index in [1.165, 1.54) is 6.07 Å². The molecule has 0 bridgehead atoms. The minimum absolute atomic E-state index is 0.142. The van der Waals surface area contributed by atoms with Crippen molar-refractivity contribution < 1.29 is 23.4 Å². The van der Waals surface area contributed by atoms with Crippen LogP contribution in [-0.4, -0.2) is 37.2 Å². The van der Waals surface area contributed by atoms with Gasteiger partial charge < -0.3 is 15.9 Å². The van der Waals surface area contributed by atoms with Crippen molar-refractivity contribution in [3.63, 3.8) is 0 Å². The Morgan fingerprint density at radius 2 is 2.00 bits per heavy atom. The summed E-state index contributed by atoms with van der Waals surface area (Å²) < 4.78 is 26.7. The van der Waals surface area contributed by atoms with Crippen molar-refractivity contribution in [3.05, 3.63) is 23.8 Å². The predicted molar refractivity (Wildman–Crippen MR) is 73.8 cm³/mol. The highest BCUT2D eigenvalue weighted by molar-refractivity contribution is 7.89. The largest absolute Gasteiger partial charge is 0.478 e. The number of nitrogens with two attached hydrogens (primary N) is 1. The van der Waals surface area contributed by atoms with Crippen molar-refractivity contribution in [2.75, 3.05) is 12.3 Å². The summed E-state index contributed by atoms with van der Waals surface area (Å²) in [6.07, 6.45) is 0. The minimum atomic E-state index is -4.06. The number of hydrogen-bond donors (Lipinski definition) is 4. The highest BCUT2D eigenvalue weighted by Gasteiger charge is 2.26. The standard InChI is InChI=1S/C12H18N2O5S/c1-7(2)10(6-15)14-20(18,19)11-4-3-8(13)5-9(11)12(16)17/h3-5,7,10,14-15H,6,13H2,1-2H3,(H,16,17). The topological polar surface area (TPSA) is 130 Å². The zero-order chi connectivity index (χ0) is 15.5. The Bertz CT molecular complexity index is 598. The smallest absolute Gasteiger partial charge is 0.337 e. The molecule has 0 aliphatic carbocycles. The molecule has 5 N–H and O–H groups in total. The fourth-order valence-electron chi connectivity index (χ4n) is 1.60. The molecule has 0 aliphatic rings. The van der Waals surface area contributed by atoms with Crippen molar-refractivity contribution in [3.8, 4) is 0 Å². The molecule has 0 saturated heterocycles. The van der Waals surface area contributed by atoms with Crippen molar-refractivity contribution >= 4 is 21.7 Å². The fraction of sp³-hybridized carbons (Fsp3) is 0.417. The lowest BCUT2D eigenvalue weighted by Gasteiger charge is -2.20. The molecule has 0 radical (unpaired) electrons. The number of anilines is 1. The summed E-state index contributed by atoms with van der Waals surface area (Å²) in [7, 11) is -4.06. The van der Waals surface area contributed by atoms with Crippen LogP contribution in [0.3, 0.4) is 0 Å². The number of rotatable bonds is 6. The van der Waals surface area contributed by atoms with Gasteiger partial charge >= 0.3 is 5.97 Å². The quantitative estimate of drug-likeness (QED) is 0.558. The molecule has 1 unspecified atom stereocenters. The molecule has 1 aromatic carbocycles. The number of hydrogen-bond acceptors (Lipinski definition) is 5. The minimum Gasteiger partial charge on any atom is -0.478 e. The summed E-state index contributed by atoms with van der Waals surface area (Å²) in [5, 5.41) is 18.2. The molecule has 1 rings (SSSR count). The highest BCUT2D eigenvalue weighted by atomic mass is 32.2. The summed E-state index contributed by atoms with van der Waals surface area (Å²) >= 11 is 0. The maximum absolute atomic E-state index is 12.2. The molecular weight excluding hydrogens is 284 g/mol. The van der Waals surface area contributed by atoms with Gasteiger partial charge in [-0.05, 0) is 24.1 Å². The SMILES string of the molecule is CC(C)C(CO)NS(=O)(=O)c1ccc(N)cc1C(=O)O. The van der Waals surface area contributed by atoms with Crippen LogP contribution >= 0.6 is 0 Å². The van der Waals surface area contributed by atoms with Crippen LogP contribution in [0.5, 0.6) is 0 Å². The van der Waals surface area contributed by atoms with E-state index in [0.717, 1.165) is 12.1 Å². The fourth-order valence-corrected chi connectivity index (χ4v) is 3.15. The number of carboxylic acid groups (broad SMARTS) is 1. The van der Waals surface area contributed by atoms with Crippen LogP contribution in [0.15, 0.2) is 23.1 Å². The summed E-state index contributed by atoms with van der Waals surface area (Å²) in [5.74, 6) is -1.53. The number of aliphatic hydroxyl groups excluding tert-OH is 1. The molecule has 0 amide bonds. The van der Waals surface area contributed by atoms with Crippen LogP contribution in [0, 0.1) is 5.92 Å². The van der Waals surface area contributed by atoms with Gasteiger partial charge in [0.1, 0.15) is 0 Å². The van der Waals surface area contributed by atoms with Gasteiger partial charge in [0.05, 0.1) is 17.1 Å². The number of aromatic carboxylic acids is 1. The number of nitrogen functional groups attached to an aromatic ring is 1.